The smallest absolute Gasteiger partial charge is 0.222 e. The molecular weight excluding hydrogens is 388 g/mol. The second-order valence-corrected chi connectivity index (χ2v) is 7.84. The van der Waals surface area contributed by atoms with Crippen molar-refractivity contribution >= 4 is 17.7 Å². The molecule has 5 atom stereocenters. The number of aliphatic hydroxyl groups excluding tert-OH is 4. The van der Waals surface area contributed by atoms with Gasteiger partial charge in [0.25, 0.3) is 0 Å². The van der Waals surface area contributed by atoms with Gasteiger partial charge < -0.3 is 35.0 Å². The van der Waals surface area contributed by atoms with E-state index >= 15 is 0 Å². The molecule has 1 aromatic rings. The number of aliphatic hydroxyl groups is 5. The Balaban J connectivity index is 1.90. The van der Waals surface area contributed by atoms with E-state index in [-0.39, 0.29) is 11.7 Å². The zero-order chi connectivity index (χ0) is 20.5. The van der Waals surface area contributed by atoms with Gasteiger partial charge in [-0.25, -0.2) is 0 Å². The fraction of sp³-hybridized carbons (Fsp3) is 0.600. The molecule has 0 spiro atoms. The number of allylic oxidation sites excluding steroid dienone is 1. The highest BCUT2D eigenvalue weighted by atomic mass is 35.5. The number of methoxy groups -OCH3 is 1. The lowest BCUT2D eigenvalue weighted by atomic mass is 9.87. The lowest BCUT2D eigenvalue weighted by molar-refractivity contribution is -0.357. The molecule has 0 aromatic heterocycles. The van der Waals surface area contributed by atoms with Crippen LogP contribution in [0.15, 0.2) is 23.8 Å². The van der Waals surface area contributed by atoms with Gasteiger partial charge in [0.05, 0.1) is 12.7 Å². The van der Waals surface area contributed by atoms with E-state index in [4.69, 9.17) is 21.1 Å². The highest BCUT2D eigenvalue weighted by Crippen LogP contribution is 2.38. The van der Waals surface area contributed by atoms with E-state index < -0.39 is 36.8 Å². The molecule has 1 aliphatic heterocycles. The van der Waals surface area contributed by atoms with E-state index in [2.05, 4.69) is 0 Å². The third kappa shape index (κ3) is 4.13. The second kappa shape index (κ2) is 8.77. The van der Waals surface area contributed by atoms with E-state index in [9.17, 15) is 25.5 Å². The number of benzene rings is 1. The van der Waals surface area contributed by atoms with Crippen molar-refractivity contribution in [3.05, 3.63) is 39.9 Å². The van der Waals surface area contributed by atoms with E-state index in [1.807, 2.05) is 6.08 Å². The minimum Gasteiger partial charge on any atom is -0.394 e. The molecule has 1 aliphatic carbocycles. The first-order valence-electron chi connectivity index (χ1n) is 9.37. The quantitative estimate of drug-likeness (QED) is 0.497. The molecular formula is C20H27ClO7. The zero-order valence-electron chi connectivity index (χ0n) is 15.7. The van der Waals surface area contributed by atoms with E-state index in [0.717, 1.165) is 25.7 Å². The molecule has 156 valence electrons. The fourth-order valence-corrected chi connectivity index (χ4v) is 4.00. The maximum Gasteiger partial charge on any atom is 0.222 e. The molecule has 28 heavy (non-hydrogen) atoms. The van der Waals surface area contributed by atoms with Gasteiger partial charge in [0.1, 0.15) is 24.4 Å². The minimum atomic E-state index is -2.29. The molecule has 0 bridgehead atoms. The highest BCUT2D eigenvalue weighted by Gasteiger charge is 2.53. The molecule has 7 nitrogen and oxygen atoms in total. The lowest BCUT2D eigenvalue weighted by Gasteiger charge is -2.45. The fourth-order valence-electron chi connectivity index (χ4n) is 3.83. The van der Waals surface area contributed by atoms with Crippen LogP contribution in [-0.4, -0.2) is 69.8 Å². The number of hydrogen-bond donors (Lipinski definition) is 5. The summed E-state index contributed by atoms with van der Waals surface area (Å²) in [5, 5.41) is 51.1. The SMILES string of the molecule is COC1CCC(=Cc2cc([C@]3(O)O[C@H](CO)[C@@H](O)[C@H](O)[C@H]3O)ccc2Cl)CC1. The van der Waals surface area contributed by atoms with Crippen molar-refractivity contribution in [1.82, 2.24) is 0 Å². The Hall–Kier alpha value is -1.03. The molecule has 1 saturated heterocycles. The summed E-state index contributed by atoms with van der Waals surface area (Å²) < 4.78 is 10.8. The van der Waals surface area contributed by atoms with Gasteiger partial charge in [0, 0.05) is 17.7 Å². The van der Waals surface area contributed by atoms with Crippen LogP contribution in [0.3, 0.4) is 0 Å². The third-order valence-electron chi connectivity index (χ3n) is 5.64. The number of halogens is 1. The molecule has 1 heterocycles. The third-order valence-corrected chi connectivity index (χ3v) is 5.99. The Morgan fingerprint density at radius 1 is 1.21 bits per heavy atom. The summed E-state index contributed by atoms with van der Waals surface area (Å²) in [7, 11) is 1.71. The molecule has 5 N–H and O–H groups in total. The van der Waals surface area contributed by atoms with Crippen LogP contribution in [0.2, 0.25) is 5.02 Å². The van der Waals surface area contributed by atoms with Crippen LogP contribution in [0.25, 0.3) is 6.08 Å². The second-order valence-electron chi connectivity index (χ2n) is 7.44. The Bertz CT molecular complexity index is 713. The van der Waals surface area contributed by atoms with Crippen LogP contribution >= 0.6 is 11.6 Å². The van der Waals surface area contributed by atoms with Gasteiger partial charge in [0.15, 0.2) is 0 Å². The van der Waals surface area contributed by atoms with Crippen LogP contribution in [0.5, 0.6) is 0 Å². The molecule has 1 aromatic carbocycles. The first-order valence-corrected chi connectivity index (χ1v) is 9.75. The zero-order valence-corrected chi connectivity index (χ0v) is 16.4. The monoisotopic (exact) mass is 414 g/mol. The van der Waals surface area contributed by atoms with E-state index in [1.54, 1.807) is 19.2 Å². The first kappa shape index (κ1) is 21.7. The van der Waals surface area contributed by atoms with Crippen LogP contribution in [0.1, 0.15) is 36.8 Å². The van der Waals surface area contributed by atoms with Gasteiger partial charge in [-0.2, -0.15) is 0 Å². The predicted octanol–water partition coefficient (Wildman–Crippen LogP) is 0.931. The van der Waals surface area contributed by atoms with Crippen molar-refractivity contribution in [3.8, 4) is 0 Å². The Labute approximate surface area is 168 Å². The van der Waals surface area contributed by atoms with Gasteiger partial charge in [-0.1, -0.05) is 29.3 Å². The maximum atomic E-state index is 11.0. The number of ether oxygens (including phenoxy) is 2. The van der Waals surface area contributed by atoms with Crippen LogP contribution in [-0.2, 0) is 15.3 Å². The normalized spacial score (nSPS) is 36.4. The molecule has 1 saturated carbocycles. The summed E-state index contributed by atoms with van der Waals surface area (Å²) >= 11 is 6.32. The van der Waals surface area contributed by atoms with Crippen molar-refractivity contribution in [2.75, 3.05) is 13.7 Å². The summed E-state index contributed by atoms with van der Waals surface area (Å²) in [6.45, 7) is -0.627. The van der Waals surface area contributed by atoms with Gasteiger partial charge >= 0.3 is 0 Å². The summed E-state index contributed by atoms with van der Waals surface area (Å²) in [6.07, 6.45) is -0.447. The van der Waals surface area contributed by atoms with E-state index in [0.29, 0.717) is 10.6 Å². The summed E-state index contributed by atoms with van der Waals surface area (Å²) in [5.74, 6) is -2.29. The molecule has 2 aliphatic rings. The van der Waals surface area contributed by atoms with Gasteiger partial charge in [-0.15, -0.1) is 0 Å². The Morgan fingerprint density at radius 2 is 1.89 bits per heavy atom. The largest absolute Gasteiger partial charge is 0.394 e. The van der Waals surface area contributed by atoms with Crippen molar-refractivity contribution in [1.29, 1.82) is 0 Å². The first-order chi connectivity index (χ1) is 13.3. The van der Waals surface area contributed by atoms with Gasteiger partial charge in [-0.05, 0) is 43.4 Å². The van der Waals surface area contributed by atoms with Crippen molar-refractivity contribution in [3.63, 3.8) is 0 Å². The Morgan fingerprint density at radius 3 is 2.50 bits per heavy atom. The van der Waals surface area contributed by atoms with Gasteiger partial charge in [0.2, 0.25) is 5.79 Å². The predicted molar refractivity (Wildman–Crippen MR) is 103 cm³/mol. The topological polar surface area (TPSA) is 120 Å². The minimum absolute atomic E-state index is 0.172. The lowest BCUT2D eigenvalue weighted by Crippen LogP contribution is -2.63. The van der Waals surface area contributed by atoms with Crippen molar-refractivity contribution in [2.24, 2.45) is 0 Å². The number of rotatable bonds is 4. The van der Waals surface area contributed by atoms with Crippen molar-refractivity contribution in [2.45, 2.75) is 62.0 Å². The summed E-state index contributed by atoms with van der Waals surface area (Å²) in [6, 6.07) is 4.64. The molecule has 0 unspecified atom stereocenters. The Kier molecular flexibility index (Phi) is 6.79. The molecule has 0 radical (unpaired) electrons. The summed E-state index contributed by atoms with van der Waals surface area (Å²) in [5.41, 5.74) is 2.02. The van der Waals surface area contributed by atoms with Crippen molar-refractivity contribution < 1.29 is 35.0 Å². The standard InChI is InChI=1S/C20H27ClO7/c1-27-14-5-2-11(3-6-14)8-12-9-13(4-7-15(12)21)20(26)19(25)18(24)17(23)16(10-22)28-20/h4,7-9,14,16-19,22-26H,2-3,5-6,10H2,1H3/t14?,16-,17-,18+,19-,20+/m1/s1. The van der Waals surface area contributed by atoms with Crippen LogP contribution < -0.4 is 0 Å². The molecule has 0 amide bonds. The average Bonchev–Trinajstić information content (AvgIpc) is 2.71. The number of hydrogen-bond acceptors (Lipinski definition) is 7. The molecule has 2 fully saturated rings. The molecule has 8 heteroatoms. The van der Waals surface area contributed by atoms with Crippen LogP contribution in [0, 0.1) is 0 Å². The highest BCUT2D eigenvalue weighted by molar-refractivity contribution is 6.32. The van der Waals surface area contributed by atoms with Crippen LogP contribution in [0.4, 0.5) is 0 Å². The molecule has 3 rings (SSSR count). The van der Waals surface area contributed by atoms with Gasteiger partial charge in [-0.3, -0.25) is 0 Å². The maximum absolute atomic E-state index is 11.0. The summed E-state index contributed by atoms with van der Waals surface area (Å²) in [4.78, 5) is 0. The van der Waals surface area contributed by atoms with E-state index in [1.165, 1.54) is 11.6 Å². The average molecular weight is 415 g/mol.